The zero-order valence-electron chi connectivity index (χ0n) is 28.4. The first-order valence-corrected chi connectivity index (χ1v) is 17.7. The van der Waals surface area contributed by atoms with E-state index in [2.05, 4.69) is 69.4 Å². The third-order valence-corrected chi connectivity index (χ3v) is 7.66. The fourth-order valence-corrected chi connectivity index (χ4v) is 4.60. The van der Waals surface area contributed by atoms with Gasteiger partial charge >= 0.3 is 11.9 Å². The Hall–Kier alpha value is -2.18. The molecule has 0 spiro atoms. The summed E-state index contributed by atoms with van der Waals surface area (Å²) >= 11 is 0. The molecule has 0 aromatic rings. The van der Waals surface area contributed by atoms with Crippen LogP contribution in [0, 0.1) is 5.92 Å². The van der Waals surface area contributed by atoms with Gasteiger partial charge in [-0.25, -0.2) is 0 Å². The molecule has 0 rings (SSSR count). The van der Waals surface area contributed by atoms with Gasteiger partial charge in [-0.3, -0.25) is 9.59 Å². The standard InChI is InChI=1S/C38H66O6/c1-4-27-35(39)29-24-20-16-11-9-7-6-8-10-12-17-21-25-30-37(41)43-32-36(40)33-44-38(42)31-26-22-18-14-13-15-19-23-28-34(3)5-2/h6,8-9,11-12,17,20,24,34-36,39-40H,4-5,7,10,13-16,18-19,21-23,25-33H2,1-3H3/b8-6-,11-9-,17-12-,24-20-/t34?,35?,36-/m0/s1. The Morgan fingerprint density at radius 1 is 0.591 bits per heavy atom. The minimum atomic E-state index is -0.995. The summed E-state index contributed by atoms with van der Waals surface area (Å²) in [4.78, 5) is 23.8. The van der Waals surface area contributed by atoms with Crippen LogP contribution >= 0.6 is 0 Å². The van der Waals surface area contributed by atoms with Crippen molar-refractivity contribution in [2.75, 3.05) is 13.2 Å². The van der Waals surface area contributed by atoms with Gasteiger partial charge in [0.15, 0.2) is 0 Å². The monoisotopic (exact) mass is 618 g/mol. The summed E-state index contributed by atoms with van der Waals surface area (Å²) in [7, 11) is 0. The van der Waals surface area contributed by atoms with Crippen molar-refractivity contribution < 1.29 is 29.3 Å². The smallest absolute Gasteiger partial charge is 0.305 e. The Balaban J connectivity index is 3.61. The van der Waals surface area contributed by atoms with Gasteiger partial charge in [0.1, 0.15) is 19.3 Å². The summed E-state index contributed by atoms with van der Waals surface area (Å²) in [5.41, 5.74) is 0. The van der Waals surface area contributed by atoms with E-state index in [0.29, 0.717) is 19.3 Å². The number of hydrogen-bond donors (Lipinski definition) is 2. The number of aliphatic hydroxyl groups is 2. The highest BCUT2D eigenvalue weighted by Crippen LogP contribution is 2.15. The number of carbonyl (C=O) groups excluding carboxylic acids is 2. The third-order valence-electron chi connectivity index (χ3n) is 7.66. The molecule has 254 valence electrons. The highest BCUT2D eigenvalue weighted by Gasteiger charge is 2.12. The van der Waals surface area contributed by atoms with Crippen LogP contribution in [0.2, 0.25) is 0 Å². The summed E-state index contributed by atoms with van der Waals surface area (Å²) in [6, 6.07) is 0. The fraction of sp³-hybridized carbons (Fsp3) is 0.737. The summed E-state index contributed by atoms with van der Waals surface area (Å²) in [6.07, 6.45) is 35.1. The van der Waals surface area contributed by atoms with Crippen LogP contribution < -0.4 is 0 Å². The molecule has 0 saturated carbocycles. The number of allylic oxidation sites excluding steroid dienone is 7. The van der Waals surface area contributed by atoms with E-state index in [-0.39, 0.29) is 31.3 Å². The molecule has 2 unspecified atom stereocenters. The van der Waals surface area contributed by atoms with Crippen molar-refractivity contribution in [3.63, 3.8) is 0 Å². The van der Waals surface area contributed by atoms with Gasteiger partial charge < -0.3 is 19.7 Å². The van der Waals surface area contributed by atoms with Crippen LogP contribution in [0.4, 0.5) is 0 Å². The average Bonchev–Trinajstić information content (AvgIpc) is 3.01. The zero-order chi connectivity index (χ0) is 32.5. The van der Waals surface area contributed by atoms with Crippen molar-refractivity contribution in [3.05, 3.63) is 48.6 Å². The molecule has 0 aromatic heterocycles. The second-order valence-electron chi connectivity index (χ2n) is 12.1. The number of esters is 2. The Labute approximate surface area is 270 Å². The molecule has 0 saturated heterocycles. The number of rotatable bonds is 30. The first-order chi connectivity index (χ1) is 21.4. The van der Waals surface area contributed by atoms with Gasteiger partial charge in [-0.1, -0.05) is 134 Å². The highest BCUT2D eigenvalue weighted by molar-refractivity contribution is 5.69. The second-order valence-corrected chi connectivity index (χ2v) is 12.1. The predicted octanol–water partition coefficient (Wildman–Crippen LogP) is 9.50. The second kappa shape index (κ2) is 32.2. The molecule has 0 aliphatic carbocycles. The lowest BCUT2D eigenvalue weighted by Crippen LogP contribution is -2.25. The van der Waals surface area contributed by atoms with Crippen LogP contribution in [0.3, 0.4) is 0 Å². The maximum absolute atomic E-state index is 11.9. The van der Waals surface area contributed by atoms with Gasteiger partial charge in [-0.2, -0.15) is 0 Å². The lowest BCUT2D eigenvalue weighted by molar-refractivity contribution is -0.152. The molecule has 0 aliphatic heterocycles. The Morgan fingerprint density at radius 2 is 1.07 bits per heavy atom. The summed E-state index contributed by atoms with van der Waals surface area (Å²) in [5.74, 6) is 0.198. The van der Waals surface area contributed by atoms with Gasteiger partial charge in [0.05, 0.1) is 6.10 Å². The van der Waals surface area contributed by atoms with Crippen molar-refractivity contribution in [2.24, 2.45) is 5.92 Å². The van der Waals surface area contributed by atoms with Gasteiger partial charge in [0, 0.05) is 12.8 Å². The maximum Gasteiger partial charge on any atom is 0.305 e. The van der Waals surface area contributed by atoms with Crippen molar-refractivity contribution in [1.29, 1.82) is 0 Å². The van der Waals surface area contributed by atoms with E-state index in [0.717, 1.165) is 70.1 Å². The van der Waals surface area contributed by atoms with E-state index < -0.39 is 6.10 Å². The zero-order valence-corrected chi connectivity index (χ0v) is 28.4. The van der Waals surface area contributed by atoms with Crippen LogP contribution in [-0.2, 0) is 19.1 Å². The normalized spacial score (nSPS) is 14.2. The molecule has 0 aromatic carbocycles. The molecule has 6 nitrogen and oxygen atoms in total. The topological polar surface area (TPSA) is 93.1 Å². The average molecular weight is 619 g/mol. The molecule has 2 N–H and O–H groups in total. The van der Waals surface area contributed by atoms with E-state index >= 15 is 0 Å². The van der Waals surface area contributed by atoms with Gasteiger partial charge in [-0.15, -0.1) is 0 Å². The maximum atomic E-state index is 11.9. The first-order valence-electron chi connectivity index (χ1n) is 17.7. The number of hydrogen-bond acceptors (Lipinski definition) is 6. The molecule has 0 bridgehead atoms. The number of aliphatic hydroxyl groups excluding tert-OH is 2. The Bertz CT molecular complexity index is 784. The summed E-state index contributed by atoms with van der Waals surface area (Å²) in [5, 5.41) is 19.6. The predicted molar refractivity (Wildman–Crippen MR) is 183 cm³/mol. The van der Waals surface area contributed by atoms with Crippen LogP contribution in [0.15, 0.2) is 48.6 Å². The van der Waals surface area contributed by atoms with Crippen molar-refractivity contribution >= 4 is 11.9 Å². The van der Waals surface area contributed by atoms with E-state index in [4.69, 9.17) is 9.47 Å². The lowest BCUT2D eigenvalue weighted by Gasteiger charge is -2.12. The molecule has 0 heterocycles. The van der Waals surface area contributed by atoms with Crippen molar-refractivity contribution in [3.8, 4) is 0 Å². The lowest BCUT2D eigenvalue weighted by atomic mass is 9.99. The summed E-state index contributed by atoms with van der Waals surface area (Å²) in [6.45, 7) is 6.37. The molecule has 0 radical (unpaired) electrons. The molecular weight excluding hydrogens is 552 g/mol. The van der Waals surface area contributed by atoms with Crippen molar-refractivity contribution in [2.45, 2.75) is 161 Å². The number of carbonyl (C=O) groups is 2. The van der Waals surface area contributed by atoms with Crippen molar-refractivity contribution in [1.82, 2.24) is 0 Å². The fourth-order valence-electron chi connectivity index (χ4n) is 4.60. The molecule has 0 aliphatic rings. The van der Waals surface area contributed by atoms with E-state index in [9.17, 15) is 19.8 Å². The molecular formula is C38H66O6. The summed E-state index contributed by atoms with van der Waals surface area (Å²) < 4.78 is 10.2. The minimum Gasteiger partial charge on any atom is -0.463 e. The number of ether oxygens (including phenoxy) is 2. The van der Waals surface area contributed by atoms with Crippen LogP contribution in [0.1, 0.15) is 149 Å². The molecule has 0 fully saturated rings. The molecule has 6 heteroatoms. The first kappa shape index (κ1) is 41.8. The van der Waals surface area contributed by atoms with Crippen LogP contribution in [0.5, 0.6) is 0 Å². The third kappa shape index (κ3) is 31.3. The highest BCUT2D eigenvalue weighted by atomic mass is 16.6. The van der Waals surface area contributed by atoms with E-state index in [1.165, 1.54) is 44.9 Å². The minimum absolute atomic E-state index is 0.143. The quantitative estimate of drug-likeness (QED) is 0.0473. The van der Waals surface area contributed by atoms with Crippen LogP contribution in [0.25, 0.3) is 0 Å². The Morgan fingerprint density at radius 3 is 1.61 bits per heavy atom. The Kier molecular flexibility index (Phi) is 30.6. The van der Waals surface area contributed by atoms with E-state index in [1.807, 2.05) is 0 Å². The SMILES string of the molecule is CCCC(O)C/C=C\C/C=C\C/C=C\C/C=C\CCCC(=O)OC[C@H](O)COC(=O)CCCCCCCCCCC(C)CC. The van der Waals surface area contributed by atoms with Gasteiger partial charge in [-0.05, 0) is 57.3 Å². The number of unbranched alkanes of at least 4 members (excludes halogenated alkanes) is 8. The molecule has 0 amide bonds. The largest absolute Gasteiger partial charge is 0.463 e. The van der Waals surface area contributed by atoms with Gasteiger partial charge in [0.25, 0.3) is 0 Å². The molecule has 3 atom stereocenters. The van der Waals surface area contributed by atoms with E-state index in [1.54, 1.807) is 0 Å². The molecule has 44 heavy (non-hydrogen) atoms. The van der Waals surface area contributed by atoms with Gasteiger partial charge in [0.2, 0.25) is 0 Å². The van der Waals surface area contributed by atoms with Crippen LogP contribution in [-0.4, -0.2) is 47.6 Å².